The SMILES string of the molecule is CC(C)(C)OC(=O)N[C@@H](C(=O)C(N)Cc1ccc2ccccc2c1)/C(O)=C(\C#N)c1ccc([N+](=O)[O-])cc1. The number of non-ortho nitro benzene ring substituents is 1. The smallest absolute Gasteiger partial charge is 0.408 e. The van der Waals surface area contributed by atoms with Crippen molar-refractivity contribution in [2.75, 3.05) is 0 Å². The summed E-state index contributed by atoms with van der Waals surface area (Å²) in [6.07, 6.45) is -0.899. The Morgan fingerprint density at radius 1 is 1.11 bits per heavy atom. The molecule has 2 atom stereocenters. The maximum Gasteiger partial charge on any atom is 0.408 e. The third-order valence-electron chi connectivity index (χ3n) is 5.59. The summed E-state index contributed by atoms with van der Waals surface area (Å²) in [5, 5.41) is 36.1. The van der Waals surface area contributed by atoms with Gasteiger partial charge in [-0.05, 0) is 61.2 Å². The summed E-state index contributed by atoms with van der Waals surface area (Å²) < 4.78 is 5.24. The number of hydrogen-bond acceptors (Lipinski definition) is 8. The molecule has 0 radical (unpaired) electrons. The van der Waals surface area contributed by atoms with Crippen molar-refractivity contribution in [3.63, 3.8) is 0 Å². The summed E-state index contributed by atoms with van der Waals surface area (Å²) in [4.78, 5) is 36.4. The summed E-state index contributed by atoms with van der Waals surface area (Å²) in [7, 11) is 0. The molecule has 3 aromatic rings. The van der Waals surface area contributed by atoms with Gasteiger partial charge < -0.3 is 20.9 Å². The fourth-order valence-corrected chi connectivity index (χ4v) is 3.80. The van der Waals surface area contributed by atoms with Crippen LogP contribution in [0.1, 0.15) is 31.9 Å². The number of ether oxygens (including phenoxy) is 1. The van der Waals surface area contributed by atoms with Crippen LogP contribution in [-0.4, -0.2) is 39.6 Å². The molecule has 4 N–H and O–H groups in total. The van der Waals surface area contributed by atoms with Gasteiger partial charge in [-0.3, -0.25) is 14.9 Å². The van der Waals surface area contributed by atoms with Gasteiger partial charge in [0.05, 0.1) is 16.5 Å². The second-order valence-electron chi connectivity index (χ2n) is 9.65. The highest BCUT2D eigenvalue weighted by Gasteiger charge is 2.33. The molecule has 3 aromatic carbocycles. The molecule has 3 rings (SSSR count). The molecule has 0 aromatic heterocycles. The minimum absolute atomic E-state index is 0.100. The second-order valence-corrected chi connectivity index (χ2v) is 9.65. The zero-order chi connectivity index (χ0) is 28.0. The van der Waals surface area contributed by atoms with Crippen molar-refractivity contribution < 1.29 is 24.4 Å². The normalized spacial score (nSPS) is 13.6. The Kier molecular flexibility index (Phi) is 8.45. The summed E-state index contributed by atoms with van der Waals surface area (Å²) in [5.41, 5.74) is 5.64. The van der Waals surface area contributed by atoms with E-state index in [0.29, 0.717) is 0 Å². The van der Waals surface area contributed by atoms with Crippen LogP contribution in [-0.2, 0) is 16.0 Å². The van der Waals surface area contributed by atoms with E-state index in [9.17, 15) is 30.1 Å². The molecule has 0 aliphatic carbocycles. The molecule has 1 unspecified atom stereocenters. The predicted molar refractivity (Wildman–Crippen MR) is 142 cm³/mol. The van der Waals surface area contributed by atoms with E-state index in [2.05, 4.69) is 5.32 Å². The van der Waals surface area contributed by atoms with Crippen LogP contribution in [0.5, 0.6) is 0 Å². The van der Waals surface area contributed by atoms with E-state index in [4.69, 9.17) is 10.5 Å². The number of aliphatic hydroxyl groups excluding tert-OH is 1. The number of nitriles is 1. The van der Waals surface area contributed by atoms with Gasteiger partial charge in [0.2, 0.25) is 0 Å². The lowest BCUT2D eigenvalue weighted by atomic mass is 9.93. The van der Waals surface area contributed by atoms with Crippen molar-refractivity contribution in [3.8, 4) is 6.07 Å². The minimum Gasteiger partial charge on any atom is -0.508 e. The van der Waals surface area contributed by atoms with Crippen molar-refractivity contribution in [1.82, 2.24) is 5.32 Å². The molecule has 196 valence electrons. The first-order valence-corrected chi connectivity index (χ1v) is 11.7. The van der Waals surface area contributed by atoms with Crippen LogP contribution in [0.15, 0.2) is 72.5 Å². The van der Waals surface area contributed by atoms with E-state index in [1.54, 1.807) is 20.8 Å². The van der Waals surface area contributed by atoms with Crippen LogP contribution in [0.4, 0.5) is 10.5 Å². The van der Waals surface area contributed by atoms with E-state index in [1.165, 1.54) is 12.1 Å². The van der Waals surface area contributed by atoms with Crippen molar-refractivity contribution >= 4 is 33.9 Å². The molecule has 0 heterocycles. The molecule has 1 amide bonds. The van der Waals surface area contributed by atoms with Crippen LogP contribution in [0, 0.1) is 21.4 Å². The van der Waals surface area contributed by atoms with E-state index < -0.39 is 40.2 Å². The largest absolute Gasteiger partial charge is 0.508 e. The van der Waals surface area contributed by atoms with Gasteiger partial charge in [-0.2, -0.15) is 5.26 Å². The number of carbonyl (C=O) groups is 2. The zero-order valence-electron chi connectivity index (χ0n) is 21.2. The highest BCUT2D eigenvalue weighted by molar-refractivity contribution is 5.97. The monoisotopic (exact) mass is 516 g/mol. The number of aliphatic hydroxyl groups is 1. The number of alkyl carbamates (subject to hydrolysis) is 1. The fourth-order valence-electron chi connectivity index (χ4n) is 3.80. The number of carbonyl (C=O) groups excluding carboxylic acids is 2. The number of fused-ring (bicyclic) bond motifs is 1. The zero-order valence-corrected chi connectivity index (χ0v) is 21.2. The third-order valence-corrected chi connectivity index (χ3v) is 5.59. The number of nitro benzene ring substituents is 1. The molecule has 10 nitrogen and oxygen atoms in total. The van der Waals surface area contributed by atoms with E-state index in [1.807, 2.05) is 48.5 Å². The van der Waals surface area contributed by atoms with Gasteiger partial charge in [0.25, 0.3) is 5.69 Å². The number of nitro groups is 1. The van der Waals surface area contributed by atoms with E-state index >= 15 is 0 Å². The van der Waals surface area contributed by atoms with Gasteiger partial charge in [-0.15, -0.1) is 0 Å². The number of rotatable bonds is 8. The molecule has 0 spiro atoms. The number of ketones is 1. The molecule has 0 aliphatic heterocycles. The summed E-state index contributed by atoms with van der Waals surface area (Å²) >= 11 is 0. The summed E-state index contributed by atoms with van der Waals surface area (Å²) in [6.45, 7) is 4.88. The standard InChI is InChI=1S/C28H28N4O6/c1-28(2,3)38-27(35)31-24(25(33)22(16-29)19-10-12-21(13-11-19)32(36)37)26(34)23(30)15-17-8-9-18-6-4-5-7-20(18)14-17/h4-14,23-24,33H,15,30H2,1-3H3,(H,31,35)/b25-22-/t23?,24-/m1/s1. The number of hydrogen-bond donors (Lipinski definition) is 3. The van der Waals surface area contributed by atoms with Crippen LogP contribution in [0.2, 0.25) is 0 Å². The average Bonchev–Trinajstić information content (AvgIpc) is 2.86. The van der Waals surface area contributed by atoms with Crippen LogP contribution < -0.4 is 11.1 Å². The number of nitrogens with one attached hydrogen (secondary N) is 1. The van der Waals surface area contributed by atoms with Gasteiger partial charge in [0.1, 0.15) is 17.4 Å². The van der Waals surface area contributed by atoms with Crippen LogP contribution in [0.25, 0.3) is 16.3 Å². The molecule has 38 heavy (non-hydrogen) atoms. The van der Waals surface area contributed by atoms with Gasteiger partial charge >= 0.3 is 6.09 Å². The molecule has 0 bridgehead atoms. The topological polar surface area (TPSA) is 169 Å². The number of allylic oxidation sites excluding steroid dienone is 1. The van der Waals surface area contributed by atoms with Crippen molar-refractivity contribution in [1.29, 1.82) is 5.26 Å². The number of nitrogens with zero attached hydrogens (tertiary/aromatic N) is 2. The lowest BCUT2D eigenvalue weighted by molar-refractivity contribution is -0.384. The molecule has 10 heteroatoms. The van der Waals surface area contributed by atoms with Crippen molar-refractivity contribution in [2.45, 2.75) is 44.9 Å². The van der Waals surface area contributed by atoms with Crippen LogP contribution in [0.3, 0.4) is 0 Å². The Balaban J connectivity index is 1.96. The first kappa shape index (κ1) is 27.8. The number of Topliss-reactive ketones (excluding diaryl/α,β-unsaturated/α-hetero) is 1. The number of nitrogens with two attached hydrogens (primary N) is 1. The molecular weight excluding hydrogens is 488 g/mol. The Morgan fingerprint density at radius 3 is 2.32 bits per heavy atom. The van der Waals surface area contributed by atoms with Crippen molar-refractivity contribution in [2.24, 2.45) is 5.73 Å². The Bertz CT molecular complexity index is 1430. The molecule has 0 aliphatic rings. The fraction of sp³-hybridized carbons (Fsp3) is 0.250. The maximum absolute atomic E-state index is 13.5. The first-order chi connectivity index (χ1) is 17.9. The summed E-state index contributed by atoms with van der Waals surface area (Å²) in [6, 6.07) is 17.1. The molecule has 0 saturated heterocycles. The minimum atomic E-state index is -1.70. The maximum atomic E-state index is 13.5. The Labute approximate surface area is 219 Å². The number of benzene rings is 3. The Hall–Kier alpha value is -4.75. The van der Waals surface area contributed by atoms with Gasteiger partial charge in [0.15, 0.2) is 11.8 Å². The highest BCUT2D eigenvalue weighted by atomic mass is 16.6. The Morgan fingerprint density at radius 2 is 1.74 bits per heavy atom. The summed E-state index contributed by atoms with van der Waals surface area (Å²) in [5.74, 6) is -1.51. The van der Waals surface area contributed by atoms with Gasteiger partial charge in [-0.25, -0.2) is 4.79 Å². The number of amides is 1. The van der Waals surface area contributed by atoms with Gasteiger partial charge in [-0.1, -0.05) is 42.5 Å². The predicted octanol–water partition coefficient (Wildman–Crippen LogP) is 4.57. The lowest BCUT2D eigenvalue weighted by Crippen LogP contribution is -2.51. The quantitative estimate of drug-likeness (QED) is 0.169. The molecule has 0 saturated carbocycles. The molecule has 0 fully saturated rings. The van der Waals surface area contributed by atoms with Crippen molar-refractivity contribution in [3.05, 3.63) is 93.7 Å². The highest BCUT2D eigenvalue weighted by Crippen LogP contribution is 2.24. The lowest BCUT2D eigenvalue weighted by Gasteiger charge is -2.25. The van der Waals surface area contributed by atoms with E-state index in [0.717, 1.165) is 28.5 Å². The average molecular weight is 517 g/mol. The van der Waals surface area contributed by atoms with E-state index in [-0.39, 0.29) is 23.2 Å². The third kappa shape index (κ3) is 6.93. The molecular formula is C28H28N4O6. The van der Waals surface area contributed by atoms with Gasteiger partial charge in [0, 0.05) is 12.1 Å². The second kappa shape index (κ2) is 11.5. The van der Waals surface area contributed by atoms with Crippen LogP contribution >= 0.6 is 0 Å². The first-order valence-electron chi connectivity index (χ1n) is 11.7.